The van der Waals surface area contributed by atoms with Crippen LogP contribution in [0.25, 0.3) is 0 Å². The van der Waals surface area contributed by atoms with E-state index in [2.05, 4.69) is 50.3 Å². The van der Waals surface area contributed by atoms with Crippen LogP contribution in [0.1, 0.15) is 168 Å². The standard InChI is InChI=1S/C41H76NO7P/c1-3-5-7-9-11-13-15-17-19-20-21-22-24-26-28-30-32-34-41(43)49-40(39-48-50(44,45)47-37-35-42)38-46-36-33-31-29-27-25-23-18-16-14-12-10-8-6-4-2/h13,15,19-20,22,24,28,30,40H,3-12,14,16-18,21,23,25-27,29,31-39,42H2,1-2H3,(H,44,45)/b15-13-,20-19-,24-22-,30-28-. The molecule has 50 heavy (non-hydrogen) atoms. The van der Waals surface area contributed by atoms with Crippen molar-refractivity contribution < 1.29 is 32.8 Å². The molecule has 9 heteroatoms. The van der Waals surface area contributed by atoms with Crippen molar-refractivity contribution >= 4 is 13.8 Å². The topological polar surface area (TPSA) is 117 Å². The summed E-state index contributed by atoms with van der Waals surface area (Å²) in [7, 11) is -4.29. The zero-order valence-electron chi connectivity index (χ0n) is 32.1. The van der Waals surface area contributed by atoms with E-state index in [0.717, 1.165) is 32.1 Å². The normalized spacial score (nSPS) is 14.1. The zero-order chi connectivity index (χ0) is 36.6. The van der Waals surface area contributed by atoms with E-state index in [1.807, 2.05) is 12.2 Å². The number of ether oxygens (including phenoxy) is 2. The molecule has 0 aliphatic heterocycles. The van der Waals surface area contributed by atoms with Gasteiger partial charge in [0.05, 0.1) is 19.8 Å². The molecule has 0 aromatic rings. The molecule has 292 valence electrons. The van der Waals surface area contributed by atoms with Crippen LogP contribution in [0.3, 0.4) is 0 Å². The summed E-state index contributed by atoms with van der Waals surface area (Å²) in [5.74, 6) is -0.408. The number of esters is 1. The zero-order valence-corrected chi connectivity index (χ0v) is 33.0. The van der Waals surface area contributed by atoms with Crippen molar-refractivity contribution in [3.8, 4) is 0 Å². The van der Waals surface area contributed by atoms with E-state index >= 15 is 0 Å². The van der Waals surface area contributed by atoms with Crippen LogP contribution >= 0.6 is 7.82 Å². The van der Waals surface area contributed by atoms with Gasteiger partial charge in [0, 0.05) is 19.6 Å². The van der Waals surface area contributed by atoms with Gasteiger partial charge < -0.3 is 20.1 Å². The number of nitrogens with two attached hydrogens (primary N) is 1. The van der Waals surface area contributed by atoms with Crippen molar-refractivity contribution in [3.05, 3.63) is 48.6 Å². The molecule has 0 aliphatic rings. The highest BCUT2D eigenvalue weighted by Gasteiger charge is 2.25. The Labute approximate surface area is 307 Å². The largest absolute Gasteiger partial charge is 0.472 e. The van der Waals surface area contributed by atoms with Crippen LogP contribution in [0.2, 0.25) is 0 Å². The number of phosphoric ester groups is 1. The van der Waals surface area contributed by atoms with E-state index in [0.29, 0.717) is 13.0 Å². The van der Waals surface area contributed by atoms with Gasteiger partial charge in [0.2, 0.25) is 0 Å². The van der Waals surface area contributed by atoms with Crippen molar-refractivity contribution in [1.29, 1.82) is 0 Å². The van der Waals surface area contributed by atoms with Crippen LogP contribution in [-0.2, 0) is 27.9 Å². The predicted molar refractivity (Wildman–Crippen MR) is 210 cm³/mol. The number of carbonyl (C=O) groups is 1. The first-order chi connectivity index (χ1) is 24.4. The van der Waals surface area contributed by atoms with Crippen LogP contribution in [-0.4, -0.2) is 49.9 Å². The average molecular weight is 726 g/mol. The van der Waals surface area contributed by atoms with Crippen molar-refractivity contribution in [3.63, 3.8) is 0 Å². The number of hydrogen-bond donors (Lipinski definition) is 2. The monoisotopic (exact) mass is 726 g/mol. The molecular weight excluding hydrogens is 649 g/mol. The molecule has 2 atom stereocenters. The molecule has 0 saturated carbocycles. The summed E-state index contributed by atoms with van der Waals surface area (Å²) in [4.78, 5) is 22.4. The molecule has 8 nitrogen and oxygen atoms in total. The van der Waals surface area contributed by atoms with E-state index in [9.17, 15) is 14.3 Å². The molecule has 0 heterocycles. The molecule has 0 saturated heterocycles. The minimum Gasteiger partial charge on any atom is -0.457 e. The summed E-state index contributed by atoms with van der Waals surface area (Å²) in [5.41, 5.74) is 5.35. The lowest BCUT2D eigenvalue weighted by Gasteiger charge is -2.20. The van der Waals surface area contributed by atoms with Crippen molar-refractivity contribution in [1.82, 2.24) is 0 Å². The average Bonchev–Trinajstić information content (AvgIpc) is 3.10. The van der Waals surface area contributed by atoms with E-state index in [4.69, 9.17) is 24.3 Å². The quantitative estimate of drug-likeness (QED) is 0.0279. The lowest BCUT2D eigenvalue weighted by atomic mass is 10.0. The molecule has 0 aliphatic carbocycles. The number of phosphoric acid groups is 1. The van der Waals surface area contributed by atoms with E-state index < -0.39 is 19.9 Å². The maximum absolute atomic E-state index is 12.5. The fraction of sp³-hybridized carbons (Fsp3) is 0.780. The van der Waals surface area contributed by atoms with Crippen LogP contribution < -0.4 is 5.73 Å². The number of hydrogen-bond acceptors (Lipinski definition) is 7. The van der Waals surface area contributed by atoms with Gasteiger partial charge in [-0.2, -0.15) is 0 Å². The Balaban J connectivity index is 4.19. The van der Waals surface area contributed by atoms with E-state index in [-0.39, 0.29) is 32.8 Å². The maximum Gasteiger partial charge on any atom is 0.472 e. The second-order valence-corrected chi connectivity index (χ2v) is 14.6. The highest BCUT2D eigenvalue weighted by Crippen LogP contribution is 2.43. The molecule has 0 aromatic carbocycles. The molecule has 0 bridgehead atoms. The van der Waals surface area contributed by atoms with Gasteiger partial charge in [0.1, 0.15) is 6.10 Å². The Morgan fingerprint density at radius 3 is 1.58 bits per heavy atom. The molecule has 0 amide bonds. The molecule has 0 aromatic heterocycles. The van der Waals surface area contributed by atoms with Crippen LogP contribution in [0.15, 0.2) is 48.6 Å². The summed E-state index contributed by atoms with van der Waals surface area (Å²) < 4.78 is 33.3. The molecule has 0 fully saturated rings. The summed E-state index contributed by atoms with van der Waals surface area (Å²) in [6, 6.07) is 0. The van der Waals surface area contributed by atoms with Gasteiger partial charge in [-0.3, -0.25) is 13.8 Å². The summed E-state index contributed by atoms with van der Waals surface area (Å²) in [6.07, 6.45) is 44.2. The summed E-state index contributed by atoms with van der Waals surface area (Å²) >= 11 is 0. The summed E-state index contributed by atoms with van der Waals surface area (Å²) in [5, 5.41) is 0. The van der Waals surface area contributed by atoms with Crippen molar-refractivity contribution in [2.75, 3.05) is 33.0 Å². The molecule has 2 unspecified atom stereocenters. The van der Waals surface area contributed by atoms with Crippen molar-refractivity contribution in [2.24, 2.45) is 5.73 Å². The Morgan fingerprint density at radius 2 is 1.06 bits per heavy atom. The van der Waals surface area contributed by atoms with E-state index in [1.54, 1.807) is 0 Å². The molecular formula is C41H76NO7P. The van der Waals surface area contributed by atoms with Gasteiger partial charge in [-0.05, 0) is 44.9 Å². The summed E-state index contributed by atoms with van der Waals surface area (Å²) in [6.45, 7) is 4.81. The van der Waals surface area contributed by atoms with Gasteiger partial charge in [-0.15, -0.1) is 0 Å². The van der Waals surface area contributed by atoms with Gasteiger partial charge in [0.25, 0.3) is 0 Å². The molecule has 0 radical (unpaired) electrons. The van der Waals surface area contributed by atoms with Crippen LogP contribution in [0, 0.1) is 0 Å². The third-order valence-electron chi connectivity index (χ3n) is 8.26. The minimum atomic E-state index is -4.29. The molecule has 0 spiro atoms. The second-order valence-electron chi connectivity index (χ2n) is 13.1. The minimum absolute atomic E-state index is 0.0888. The number of allylic oxidation sites excluding steroid dienone is 8. The van der Waals surface area contributed by atoms with Gasteiger partial charge in [-0.25, -0.2) is 4.57 Å². The smallest absolute Gasteiger partial charge is 0.457 e. The Morgan fingerprint density at radius 1 is 0.600 bits per heavy atom. The van der Waals surface area contributed by atoms with E-state index in [1.165, 1.54) is 109 Å². The maximum atomic E-state index is 12.5. The first-order valence-electron chi connectivity index (χ1n) is 20.1. The van der Waals surface area contributed by atoms with Gasteiger partial charge in [0.15, 0.2) is 0 Å². The van der Waals surface area contributed by atoms with Crippen molar-refractivity contribution in [2.45, 2.75) is 174 Å². The second kappa shape index (κ2) is 38.7. The molecule has 0 rings (SSSR count). The van der Waals surface area contributed by atoms with Gasteiger partial charge >= 0.3 is 13.8 Å². The fourth-order valence-electron chi connectivity index (χ4n) is 5.30. The Bertz CT molecular complexity index is 905. The number of rotatable bonds is 38. The Kier molecular flexibility index (Phi) is 37.5. The number of unbranched alkanes of at least 4 members (excludes halogenated alkanes) is 17. The van der Waals surface area contributed by atoms with Crippen LogP contribution in [0.5, 0.6) is 0 Å². The van der Waals surface area contributed by atoms with Gasteiger partial charge in [-0.1, -0.05) is 165 Å². The number of carbonyl (C=O) groups excluding carboxylic acids is 1. The highest BCUT2D eigenvalue weighted by atomic mass is 31.2. The third-order valence-corrected chi connectivity index (χ3v) is 9.25. The molecule has 3 N–H and O–H groups in total. The third kappa shape index (κ3) is 37.7. The predicted octanol–water partition coefficient (Wildman–Crippen LogP) is 11.6. The SMILES string of the molecule is CCCCCC/C=C\C/C=C\C/C=C\C/C=C\CCC(=O)OC(COCCCCCCCCCCCCCCCC)COP(=O)(O)OCCN. The Hall–Kier alpha value is -1.54. The first kappa shape index (κ1) is 48.5. The lowest BCUT2D eigenvalue weighted by Crippen LogP contribution is -2.28. The highest BCUT2D eigenvalue weighted by molar-refractivity contribution is 7.47. The van der Waals surface area contributed by atoms with Crippen LogP contribution in [0.4, 0.5) is 0 Å². The lowest BCUT2D eigenvalue weighted by molar-refractivity contribution is -0.154. The fourth-order valence-corrected chi connectivity index (χ4v) is 6.06. The first-order valence-corrected chi connectivity index (χ1v) is 21.6.